The Morgan fingerprint density at radius 3 is 2.52 bits per heavy atom. The molecule has 168 valence electrons. The molecule has 7 heteroatoms. The monoisotopic (exact) mass is 461 g/mol. The highest BCUT2D eigenvalue weighted by Crippen LogP contribution is 2.32. The third kappa shape index (κ3) is 4.34. The van der Waals surface area contributed by atoms with Gasteiger partial charge in [0.25, 0.3) is 5.91 Å². The molecule has 0 spiro atoms. The summed E-state index contributed by atoms with van der Waals surface area (Å²) in [5.41, 5.74) is 4.31. The van der Waals surface area contributed by atoms with Crippen LogP contribution >= 0.6 is 11.6 Å². The van der Waals surface area contributed by atoms with E-state index in [0.29, 0.717) is 28.0 Å². The van der Waals surface area contributed by atoms with Crippen LogP contribution in [0.3, 0.4) is 0 Å². The van der Waals surface area contributed by atoms with Crippen LogP contribution in [0.5, 0.6) is 0 Å². The predicted molar refractivity (Wildman–Crippen MR) is 132 cm³/mol. The number of nitrogens with one attached hydrogen (secondary N) is 2. The van der Waals surface area contributed by atoms with Crippen LogP contribution in [0.4, 0.5) is 5.69 Å². The number of aryl methyl sites for hydroxylation is 1. The van der Waals surface area contributed by atoms with E-state index in [2.05, 4.69) is 15.6 Å². The molecule has 33 heavy (non-hydrogen) atoms. The second-order valence-electron chi connectivity index (χ2n) is 7.96. The zero-order chi connectivity index (χ0) is 23.7. The number of carbonyl (C=O) groups is 1. The fourth-order valence-corrected chi connectivity index (χ4v) is 4.06. The van der Waals surface area contributed by atoms with Gasteiger partial charge in [0, 0.05) is 23.7 Å². The van der Waals surface area contributed by atoms with Crippen molar-refractivity contribution in [1.29, 1.82) is 0 Å². The lowest BCUT2D eigenvalue weighted by Gasteiger charge is -2.20. The Bertz CT molecular complexity index is 1410. The summed E-state index contributed by atoms with van der Waals surface area (Å²) in [5, 5.41) is 6.67. The van der Waals surface area contributed by atoms with Crippen LogP contribution in [-0.2, 0) is 0 Å². The summed E-state index contributed by atoms with van der Waals surface area (Å²) in [6.45, 7) is 5.67. The number of aromatic nitrogens is 1. The SMILES string of the molecule is CNC(=O)c1nc(Cl)ccc1N[C@H](C)c1cc(C)cc2c(=O)c(C)c(-c3ccccc3)oc12. The number of halogens is 1. The predicted octanol–water partition coefficient (Wildman–Crippen LogP) is 5.66. The number of pyridine rings is 1. The molecule has 2 aromatic heterocycles. The Hall–Kier alpha value is -3.64. The van der Waals surface area contributed by atoms with Crippen molar-refractivity contribution in [3.63, 3.8) is 0 Å². The van der Waals surface area contributed by atoms with Crippen LogP contribution < -0.4 is 16.1 Å². The zero-order valence-electron chi connectivity index (χ0n) is 18.8. The second-order valence-corrected chi connectivity index (χ2v) is 8.34. The fraction of sp³-hybridized carbons (Fsp3) is 0.192. The zero-order valence-corrected chi connectivity index (χ0v) is 19.6. The molecule has 0 saturated heterocycles. The van der Waals surface area contributed by atoms with Gasteiger partial charge in [0.1, 0.15) is 16.5 Å². The van der Waals surface area contributed by atoms with Crippen molar-refractivity contribution in [3.8, 4) is 11.3 Å². The Balaban J connectivity index is 1.87. The van der Waals surface area contributed by atoms with E-state index in [4.69, 9.17) is 16.0 Å². The largest absolute Gasteiger partial charge is 0.455 e. The first-order chi connectivity index (χ1) is 15.8. The van der Waals surface area contributed by atoms with Crippen molar-refractivity contribution < 1.29 is 9.21 Å². The summed E-state index contributed by atoms with van der Waals surface area (Å²) in [4.78, 5) is 29.8. The number of rotatable bonds is 5. The lowest BCUT2D eigenvalue weighted by atomic mass is 9.98. The van der Waals surface area contributed by atoms with Gasteiger partial charge in [-0.05, 0) is 44.5 Å². The summed E-state index contributed by atoms with van der Waals surface area (Å²) in [6.07, 6.45) is 0. The van der Waals surface area contributed by atoms with Gasteiger partial charge in [-0.25, -0.2) is 4.98 Å². The molecule has 0 bridgehead atoms. The van der Waals surface area contributed by atoms with Gasteiger partial charge < -0.3 is 15.1 Å². The third-order valence-electron chi connectivity index (χ3n) is 5.57. The highest BCUT2D eigenvalue weighted by Gasteiger charge is 2.21. The summed E-state index contributed by atoms with van der Waals surface area (Å²) in [6, 6.07) is 16.4. The van der Waals surface area contributed by atoms with Gasteiger partial charge in [0.15, 0.2) is 11.1 Å². The minimum absolute atomic E-state index is 0.0635. The molecule has 4 aromatic rings. The Morgan fingerprint density at radius 2 is 1.82 bits per heavy atom. The Labute approximate surface area is 196 Å². The number of amides is 1. The first kappa shape index (κ1) is 22.6. The molecule has 0 saturated carbocycles. The van der Waals surface area contributed by atoms with Crippen LogP contribution in [0.25, 0.3) is 22.3 Å². The number of hydrogen-bond donors (Lipinski definition) is 2. The van der Waals surface area contributed by atoms with Gasteiger partial charge >= 0.3 is 0 Å². The van der Waals surface area contributed by atoms with Crippen LogP contribution in [-0.4, -0.2) is 17.9 Å². The summed E-state index contributed by atoms with van der Waals surface area (Å²) in [5.74, 6) is 0.194. The molecule has 0 radical (unpaired) electrons. The van der Waals surface area contributed by atoms with Gasteiger partial charge in [-0.2, -0.15) is 0 Å². The number of fused-ring (bicyclic) bond motifs is 1. The standard InChI is InChI=1S/C26H24ClN3O3/c1-14-12-18(16(3)29-20-10-11-21(27)30-22(20)26(32)28-4)25-19(13-14)23(31)15(2)24(33-25)17-8-6-5-7-9-17/h5-13,16,29H,1-4H3,(H,28,32)/t16-/m1/s1. The van der Waals surface area contributed by atoms with E-state index < -0.39 is 0 Å². The molecule has 1 atom stereocenters. The summed E-state index contributed by atoms with van der Waals surface area (Å²) >= 11 is 6.01. The molecular weight excluding hydrogens is 438 g/mol. The van der Waals surface area contributed by atoms with Crippen LogP contribution in [0.1, 0.15) is 40.1 Å². The van der Waals surface area contributed by atoms with Crippen molar-refractivity contribution in [2.24, 2.45) is 0 Å². The number of nitrogens with zero attached hydrogens (tertiary/aromatic N) is 1. The van der Waals surface area contributed by atoms with E-state index in [1.54, 1.807) is 19.1 Å². The highest BCUT2D eigenvalue weighted by molar-refractivity contribution is 6.29. The lowest BCUT2D eigenvalue weighted by Crippen LogP contribution is -2.22. The molecular formula is C26H24ClN3O3. The molecule has 4 rings (SSSR count). The van der Waals surface area contributed by atoms with E-state index >= 15 is 0 Å². The Kier molecular flexibility index (Phi) is 6.20. The smallest absolute Gasteiger partial charge is 0.271 e. The maximum atomic E-state index is 13.3. The quantitative estimate of drug-likeness (QED) is 0.375. The molecule has 0 aliphatic carbocycles. The van der Waals surface area contributed by atoms with Crippen LogP contribution in [0.2, 0.25) is 5.15 Å². The molecule has 0 aliphatic heterocycles. The van der Waals surface area contributed by atoms with E-state index in [1.165, 1.54) is 7.05 Å². The van der Waals surface area contributed by atoms with Crippen molar-refractivity contribution >= 4 is 34.2 Å². The van der Waals surface area contributed by atoms with Gasteiger partial charge in [-0.15, -0.1) is 0 Å². The van der Waals surface area contributed by atoms with E-state index in [0.717, 1.165) is 16.7 Å². The number of benzene rings is 2. The lowest BCUT2D eigenvalue weighted by molar-refractivity contribution is 0.0959. The Morgan fingerprint density at radius 1 is 1.09 bits per heavy atom. The van der Waals surface area contributed by atoms with Crippen molar-refractivity contribution in [3.05, 3.63) is 92.4 Å². The molecule has 0 aliphatic rings. The summed E-state index contributed by atoms with van der Waals surface area (Å²) < 4.78 is 6.37. The average Bonchev–Trinajstić information content (AvgIpc) is 2.82. The van der Waals surface area contributed by atoms with E-state index in [-0.39, 0.29) is 28.2 Å². The van der Waals surface area contributed by atoms with Crippen LogP contribution in [0.15, 0.2) is 63.8 Å². The molecule has 6 nitrogen and oxygen atoms in total. The average molecular weight is 462 g/mol. The van der Waals surface area contributed by atoms with Gasteiger partial charge in [0.2, 0.25) is 0 Å². The van der Waals surface area contributed by atoms with Crippen molar-refractivity contribution in [1.82, 2.24) is 10.3 Å². The van der Waals surface area contributed by atoms with Gasteiger partial charge in [0.05, 0.1) is 17.1 Å². The maximum Gasteiger partial charge on any atom is 0.271 e. The maximum absolute atomic E-state index is 13.3. The minimum atomic E-state index is -0.352. The molecule has 0 unspecified atom stereocenters. The third-order valence-corrected chi connectivity index (χ3v) is 5.78. The second kappa shape index (κ2) is 9.08. The minimum Gasteiger partial charge on any atom is -0.455 e. The topological polar surface area (TPSA) is 84.2 Å². The van der Waals surface area contributed by atoms with E-state index in [1.807, 2.05) is 56.3 Å². The number of hydrogen-bond acceptors (Lipinski definition) is 5. The van der Waals surface area contributed by atoms with E-state index in [9.17, 15) is 9.59 Å². The van der Waals surface area contributed by atoms with Gasteiger partial charge in [-0.1, -0.05) is 48.0 Å². The van der Waals surface area contributed by atoms with Crippen LogP contribution in [0, 0.1) is 13.8 Å². The molecule has 0 fully saturated rings. The molecule has 1 amide bonds. The fourth-order valence-electron chi connectivity index (χ4n) is 3.91. The first-order valence-electron chi connectivity index (χ1n) is 10.6. The first-order valence-corrected chi connectivity index (χ1v) is 11.0. The summed E-state index contributed by atoms with van der Waals surface area (Å²) in [7, 11) is 1.54. The molecule has 2 N–H and O–H groups in total. The molecule has 2 heterocycles. The molecule has 2 aromatic carbocycles. The van der Waals surface area contributed by atoms with Crippen molar-refractivity contribution in [2.75, 3.05) is 12.4 Å². The normalized spacial score (nSPS) is 11.9. The van der Waals surface area contributed by atoms with Crippen molar-refractivity contribution in [2.45, 2.75) is 26.8 Å². The van der Waals surface area contributed by atoms with Gasteiger partial charge in [-0.3, -0.25) is 9.59 Å². The number of anilines is 1. The number of carbonyl (C=O) groups excluding carboxylic acids is 1. The highest BCUT2D eigenvalue weighted by atomic mass is 35.5.